The van der Waals surface area contributed by atoms with E-state index in [0.29, 0.717) is 11.1 Å². The predicted octanol–water partition coefficient (Wildman–Crippen LogP) is -1.93. The molecule has 1 aromatic rings. The Bertz CT molecular complexity index is 835. The van der Waals surface area contributed by atoms with Gasteiger partial charge in [-0.25, -0.2) is 4.79 Å². The summed E-state index contributed by atoms with van der Waals surface area (Å²) in [6.45, 7) is 1.76. The minimum Gasteiger partial charge on any atom is -0.445 e. The fourth-order valence-electron chi connectivity index (χ4n) is 3.59. The molecule has 7 N–H and O–H groups in total. The monoisotopic (exact) mass is 469 g/mol. The summed E-state index contributed by atoms with van der Waals surface area (Å²) in [5.41, 5.74) is 0.911. The summed E-state index contributed by atoms with van der Waals surface area (Å²) in [6, 6.07) is 4.36. The number of nitrogens with one attached hydrogen (secondary N) is 3. The van der Waals surface area contributed by atoms with Gasteiger partial charge < -0.3 is 45.9 Å². The van der Waals surface area contributed by atoms with Crippen LogP contribution >= 0.6 is 0 Å². The molecule has 1 aliphatic rings. The maximum absolute atomic E-state index is 12.2. The van der Waals surface area contributed by atoms with Crippen LogP contribution in [0.4, 0.5) is 4.79 Å². The largest absolute Gasteiger partial charge is 0.445 e. The summed E-state index contributed by atoms with van der Waals surface area (Å²) >= 11 is 0. The molecule has 184 valence electrons. The molecule has 12 heteroatoms. The maximum atomic E-state index is 12.2. The van der Waals surface area contributed by atoms with Gasteiger partial charge in [0.15, 0.2) is 0 Å². The van der Waals surface area contributed by atoms with Gasteiger partial charge in [-0.2, -0.15) is 0 Å². The fourth-order valence-corrected chi connectivity index (χ4v) is 3.59. The van der Waals surface area contributed by atoms with Crippen LogP contribution in [0.2, 0.25) is 0 Å². The van der Waals surface area contributed by atoms with Gasteiger partial charge in [-0.15, -0.1) is 0 Å². The molecule has 1 saturated heterocycles. The van der Waals surface area contributed by atoms with E-state index < -0.39 is 67.1 Å². The van der Waals surface area contributed by atoms with Crippen LogP contribution < -0.4 is 16.0 Å². The fraction of sp³-hybridized carbons (Fsp3) is 0.571. The van der Waals surface area contributed by atoms with Crippen molar-refractivity contribution in [3.8, 4) is 0 Å². The van der Waals surface area contributed by atoms with E-state index in [1.165, 1.54) is 20.9 Å². The Labute approximate surface area is 190 Å². The molecule has 0 unspecified atom stereocenters. The van der Waals surface area contributed by atoms with Gasteiger partial charge in [0.1, 0.15) is 37.1 Å². The van der Waals surface area contributed by atoms with Crippen LogP contribution in [0.5, 0.6) is 0 Å². The van der Waals surface area contributed by atoms with Gasteiger partial charge in [-0.1, -0.05) is 24.3 Å². The third-order valence-corrected chi connectivity index (χ3v) is 5.30. The molecule has 7 atom stereocenters. The topological polar surface area (TPSA) is 187 Å². The smallest absolute Gasteiger partial charge is 0.408 e. The minimum absolute atomic E-state index is 0.266. The minimum atomic E-state index is -1.43. The highest BCUT2D eigenvalue weighted by molar-refractivity contribution is 5.85. The van der Waals surface area contributed by atoms with E-state index in [-0.39, 0.29) is 6.61 Å². The van der Waals surface area contributed by atoms with Crippen molar-refractivity contribution in [2.45, 2.75) is 63.1 Å². The molecule has 0 saturated carbocycles. The molecule has 0 bridgehead atoms. The Morgan fingerprint density at radius 2 is 1.85 bits per heavy atom. The van der Waals surface area contributed by atoms with Crippen LogP contribution in [0.25, 0.3) is 0 Å². The number of likely N-dealkylation sites (N-methyl/N-ethyl adjacent to an activating group) is 1. The van der Waals surface area contributed by atoms with Crippen LogP contribution in [0.15, 0.2) is 24.3 Å². The molecule has 3 amide bonds. The predicted molar refractivity (Wildman–Crippen MR) is 114 cm³/mol. The van der Waals surface area contributed by atoms with Crippen molar-refractivity contribution >= 4 is 17.9 Å². The zero-order chi connectivity index (χ0) is 24.7. The second-order valence-corrected chi connectivity index (χ2v) is 7.74. The van der Waals surface area contributed by atoms with Crippen LogP contribution in [0.1, 0.15) is 31.1 Å². The van der Waals surface area contributed by atoms with Gasteiger partial charge in [-0.05, 0) is 18.1 Å². The molecule has 0 aromatic heterocycles. The third kappa shape index (κ3) is 6.62. The Morgan fingerprint density at radius 1 is 1.18 bits per heavy atom. The van der Waals surface area contributed by atoms with E-state index in [9.17, 15) is 34.8 Å². The maximum Gasteiger partial charge on any atom is 0.408 e. The summed E-state index contributed by atoms with van der Waals surface area (Å²) in [5, 5.41) is 47.2. The number of amides is 3. The Kier molecular flexibility index (Phi) is 9.56. The normalized spacial score (nSPS) is 26.6. The first-order valence-corrected chi connectivity index (χ1v) is 10.4. The quantitative estimate of drug-likeness (QED) is 0.227. The average molecular weight is 469 g/mol. The van der Waals surface area contributed by atoms with Crippen LogP contribution in [-0.4, -0.2) is 88.5 Å². The lowest BCUT2D eigenvalue weighted by atomic mass is 9.87. The zero-order valence-electron chi connectivity index (χ0n) is 18.6. The molecule has 1 aromatic carbocycles. The summed E-state index contributed by atoms with van der Waals surface area (Å²) in [6.07, 6.45) is -7.05. The van der Waals surface area contributed by atoms with E-state index in [4.69, 9.17) is 9.47 Å². The lowest BCUT2D eigenvalue weighted by Gasteiger charge is -2.43. The van der Waals surface area contributed by atoms with Gasteiger partial charge in [0.05, 0.1) is 18.8 Å². The lowest BCUT2D eigenvalue weighted by molar-refractivity contribution is -0.197. The summed E-state index contributed by atoms with van der Waals surface area (Å²) in [4.78, 5) is 35.7. The molecule has 0 aliphatic carbocycles. The highest BCUT2D eigenvalue weighted by Gasteiger charge is 2.45. The average Bonchev–Trinajstić information content (AvgIpc) is 2.78. The standard InChI is InChI=1S/C21H31N3O9/c1-10(26)15(20(30)22-3)24-21(31)32-9-12-6-4-5-7-13(12)19-16(23-11(2)27)18(29)17(28)14(8-25)33-19/h4-7,10,14-19,25-26,28-29H,8-9H2,1-3H3,(H,22,30)(H,23,27)(H,24,31)/t10-,14-,15+,16-,17-,18-,19+/m1/s1. The molecular formula is C21H31N3O9. The van der Waals surface area contributed by atoms with Crippen molar-refractivity contribution in [1.82, 2.24) is 16.0 Å². The van der Waals surface area contributed by atoms with Gasteiger partial charge in [0, 0.05) is 14.0 Å². The molecule has 1 aliphatic heterocycles. The number of carbonyl (C=O) groups is 3. The van der Waals surface area contributed by atoms with E-state index in [1.54, 1.807) is 24.3 Å². The third-order valence-electron chi connectivity index (χ3n) is 5.30. The summed E-state index contributed by atoms with van der Waals surface area (Å²) < 4.78 is 11.0. The van der Waals surface area contributed by atoms with E-state index >= 15 is 0 Å². The molecule has 0 spiro atoms. The van der Waals surface area contributed by atoms with Crippen molar-refractivity contribution in [3.63, 3.8) is 0 Å². The van der Waals surface area contributed by atoms with E-state index in [1.807, 2.05) is 0 Å². The zero-order valence-corrected chi connectivity index (χ0v) is 18.6. The summed E-state index contributed by atoms with van der Waals surface area (Å²) in [7, 11) is 1.36. The highest BCUT2D eigenvalue weighted by Crippen LogP contribution is 2.34. The molecule has 1 heterocycles. The molecular weight excluding hydrogens is 438 g/mol. The molecule has 1 fully saturated rings. The van der Waals surface area contributed by atoms with Gasteiger partial charge in [-0.3, -0.25) is 9.59 Å². The number of hydrogen-bond donors (Lipinski definition) is 7. The van der Waals surface area contributed by atoms with Crippen LogP contribution in [-0.2, 0) is 25.7 Å². The summed E-state index contributed by atoms with van der Waals surface area (Å²) in [5.74, 6) is -1.06. The van der Waals surface area contributed by atoms with Crippen molar-refractivity contribution in [2.24, 2.45) is 0 Å². The lowest BCUT2D eigenvalue weighted by Crippen LogP contribution is -2.60. The van der Waals surface area contributed by atoms with Crippen molar-refractivity contribution < 1.29 is 44.3 Å². The number of aliphatic hydroxyl groups is 4. The molecule has 12 nitrogen and oxygen atoms in total. The first-order chi connectivity index (χ1) is 15.6. The number of alkyl carbamates (subject to hydrolysis) is 1. The number of ether oxygens (including phenoxy) is 2. The first kappa shape index (κ1) is 26.5. The van der Waals surface area contributed by atoms with E-state index in [0.717, 1.165) is 0 Å². The first-order valence-electron chi connectivity index (χ1n) is 10.4. The molecule has 0 radical (unpaired) electrons. The Hall–Kier alpha value is -2.77. The second kappa shape index (κ2) is 11.9. The number of benzene rings is 1. The van der Waals surface area contributed by atoms with Crippen molar-refractivity contribution in [2.75, 3.05) is 13.7 Å². The highest BCUT2D eigenvalue weighted by atomic mass is 16.6. The van der Waals surface area contributed by atoms with Crippen molar-refractivity contribution in [1.29, 1.82) is 0 Å². The van der Waals surface area contributed by atoms with E-state index in [2.05, 4.69) is 16.0 Å². The number of rotatable bonds is 8. The molecule has 33 heavy (non-hydrogen) atoms. The van der Waals surface area contributed by atoms with Gasteiger partial charge in [0.2, 0.25) is 11.8 Å². The second-order valence-electron chi connectivity index (χ2n) is 7.74. The van der Waals surface area contributed by atoms with Gasteiger partial charge in [0.25, 0.3) is 0 Å². The van der Waals surface area contributed by atoms with Crippen LogP contribution in [0.3, 0.4) is 0 Å². The Morgan fingerprint density at radius 3 is 2.42 bits per heavy atom. The van der Waals surface area contributed by atoms with Gasteiger partial charge >= 0.3 is 6.09 Å². The SMILES string of the molecule is CNC(=O)[C@@H](NC(=O)OCc1ccccc1[C@@H]1O[C@H](CO)[C@@H](O)[C@H](O)[C@H]1NC(C)=O)[C@@H](C)O. The van der Waals surface area contributed by atoms with Crippen molar-refractivity contribution in [3.05, 3.63) is 35.4 Å². The number of aliphatic hydroxyl groups excluding tert-OH is 4. The van der Waals surface area contributed by atoms with Crippen LogP contribution in [0, 0.1) is 0 Å². The number of hydrogen-bond acceptors (Lipinski definition) is 9. The number of carbonyl (C=O) groups excluding carboxylic acids is 3. The Balaban J connectivity index is 2.23. The molecule has 2 rings (SSSR count).